The Labute approximate surface area is 126 Å². The number of hydrogen-bond donors (Lipinski definition) is 1. The molecule has 1 aliphatic rings. The Morgan fingerprint density at radius 2 is 2.19 bits per heavy atom. The molecule has 3 unspecified atom stereocenters. The molecule has 0 amide bonds. The van der Waals surface area contributed by atoms with Crippen LogP contribution in [0.3, 0.4) is 0 Å². The van der Waals surface area contributed by atoms with Crippen molar-refractivity contribution in [2.24, 2.45) is 11.7 Å². The van der Waals surface area contributed by atoms with Crippen LogP contribution in [0, 0.1) is 5.92 Å². The van der Waals surface area contributed by atoms with E-state index in [0.717, 1.165) is 38.1 Å². The number of aryl methyl sites for hydroxylation is 1. The van der Waals surface area contributed by atoms with E-state index in [1.54, 1.807) is 0 Å². The third kappa shape index (κ3) is 2.70. The monoisotopic (exact) mass is 287 g/mol. The molecule has 3 rings (SSSR count). The molecule has 1 fully saturated rings. The molecule has 4 nitrogen and oxygen atoms in total. The van der Waals surface area contributed by atoms with Crippen LogP contribution < -0.4 is 5.73 Å². The lowest BCUT2D eigenvalue weighted by atomic mass is 9.89. The van der Waals surface area contributed by atoms with Crippen molar-refractivity contribution in [3.63, 3.8) is 0 Å². The highest BCUT2D eigenvalue weighted by Gasteiger charge is 2.32. The van der Waals surface area contributed by atoms with Gasteiger partial charge >= 0.3 is 0 Å². The highest BCUT2D eigenvalue weighted by Crippen LogP contribution is 2.28. The largest absolute Gasteiger partial charge is 0.378 e. The first kappa shape index (κ1) is 14.5. The summed E-state index contributed by atoms with van der Waals surface area (Å²) in [4.78, 5) is 0. The zero-order valence-electron chi connectivity index (χ0n) is 13.0. The fourth-order valence-corrected chi connectivity index (χ4v) is 3.54. The van der Waals surface area contributed by atoms with E-state index in [9.17, 15) is 0 Å². The molecule has 2 aromatic rings. The summed E-state index contributed by atoms with van der Waals surface area (Å²) < 4.78 is 7.85. The molecular weight excluding hydrogens is 262 g/mol. The molecule has 3 atom stereocenters. The fourth-order valence-electron chi connectivity index (χ4n) is 3.54. The Hall–Kier alpha value is -1.39. The number of fused-ring (bicyclic) bond motifs is 1. The highest BCUT2D eigenvalue weighted by atomic mass is 16.5. The van der Waals surface area contributed by atoms with E-state index in [0.29, 0.717) is 12.0 Å². The van der Waals surface area contributed by atoms with Gasteiger partial charge in [-0.1, -0.05) is 25.1 Å². The maximum atomic E-state index is 6.49. The molecule has 2 heterocycles. The van der Waals surface area contributed by atoms with Gasteiger partial charge in [0.15, 0.2) is 0 Å². The topological polar surface area (TPSA) is 53.1 Å². The predicted octanol–water partition coefficient (Wildman–Crippen LogP) is 2.74. The number of aromatic nitrogens is 2. The molecule has 0 bridgehead atoms. The minimum absolute atomic E-state index is 0.126. The van der Waals surface area contributed by atoms with Gasteiger partial charge in [-0.2, -0.15) is 5.10 Å². The third-order valence-electron chi connectivity index (χ3n) is 4.68. The van der Waals surface area contributed by atoms with Crippen molar-refractivity contribution in [3.05, 3.63) is 30.0 Å². The maximum Gasteiger partial charge on any atom is 0.0718 e. The standard InChI is InChI=1S/C17H25N3O/c1-3-17-12(9-10-21-17)14(18)11-15-13-7-5-6-8-16(13)20(4-2)19-15/h5-8,12,14,17H,3-4,9-11,18H2,1-2H3. The molecule has 4 heteroatoms. The number of ether oxygens (including phenoxy) is 1. The van der Waals surface area contributed by atoms with E-state index in [4.69, 9.17) is 15.6 Å². The van der Waals surface area contributed by atoms with Gasteiger partial charge in [0, 0.05) is 36.9 Å². The SMILES string of the molecule is CCC1OCCC1C(N)Cc1nn(CC)c2ccccc12. The molecule has 1 aromatic carbocycles. The normalized spacial score (nSPS) is 23.8. The van der Waals surface area contributed by atoms with E-state index < -0.39 is 0 Å². The second kappa shape index (κ2) is 6.16. The molecule has 2 N–H and O–H groups in total. The van der Waals surface area contributed by atoms with Crippen LogP contribution in [0.25, 0.3) is 10.9 Å². The Morgan fingerprint density at radius 3 is 2.95 bits per heavy atom. The van der Waals surface area contributed by atoms with Gasteiger partial charge in [-0.05, 0) is 25.8 Å². The summed E-state index contributed by atoms with van der Waals surface area (Å²) in [6, 6.07) is 8.55. The van der Waals surface area contributed by atoms with Gasteiger partial charge in [0.25, 0.3) is 0 Å². The van der Waals surface area contributed by atoms with Crippen LogP contribution in [-0.2, 0) is 17.7 Å². The van der Waals surface area contributed by atoms with E-state index >= 15 is 0 Å². The molecule has 1 saturated heterocycles. The van der Waals surface area contributed by atoms with Gasteiger partial charge in [0.05, 0.1) is 17.3 Å². The number of nitrogens with zero attached hydrogens (tertiary/aromatic N) is 2. The lowest BCUT2D eigenvalue weighted by Crippen LogP contribution is -2.37. The van der Waals surface area contributed by atoms with Crippen LogP contribution in [0.2, 0.25) is 0 Å². The Balaban J connectivity index is 1.84. The molecule has 0 saturated carbocycles. The summed E-state index contributed by atoms with van der Waals surface area (Å²) in [5, 5.41) is 6.00. The van der Waals surface area contributed by atoms with Crippen LogP contribution in [0.5, 0.6) is 0 Å². The summed E-state index contributed by atoms with van der Waals surface area (Å²) >= 11 is 0. The van der Waals surface area contributed by atoms with Crippen LogP contribution in [0.4, 0.5) is 0 Å². The zero-order chi connectivity index (χ0) is 14.8. The first-order valence-corrected chi connectivity index (χ1v) is 8.06. The van der Waals surface area contributed by atoms with Gasteiger partial charge in [0.1, 0.15) is 0 Å². The van der Waals surface area contributed by atoms with Gasteiger partial charge in [-0.25, -0.2) is 0 Å². The number of rotatable bonds is 5. The second-order valence-electron chi connectivity index (χ2n) is 5.92. The summed E-state index contributed by atoms with van der Waals surface area (Å²) in [6.07, 6.45) is 3.27. The smallest absolute Gasteiger partial charge is 0.0718 e. The van der Waals surface area contributed by atoms with Gasteiger partial charge < -0.3 is 10.5 Å². The Kier molecular flexibility index (Phi) is 4.27. The third-order valence-corrected chi connectivity index (χ3v) is 4.68. The average molecular weight is 287 g/mol. The molecule has 21 heavy (non-hydrogen) atoms. The van der Waals surface area contributed by atoms with E-state index in [-0.39, 0.29) is 6.04 Å². The number of para-hydroxylation sites is 1. The number of hydrogen-bond acceptors (Lipinski definition) is 3. The lowest BCUT2D eigenvalue weighted by molar-refractivity contribution is 0.0813. The quantitative estimate of drug-likeness (QED) is 0.920. The summed E-state index contributed by atoms with van der Waals surface area (Å²) in [7, 11) is 0. The molecular formula is C17H25N3O. The zero-order valence-corrected chi connectivity index (χ0v) is 13.0. The number of benzene rings is 1. The molecule has 0 aliphatic carbocycles. The van der Waals surface area contributed by atoms with E-state index in [1.807, 2.05) is 0 Å². The highest BCUT2D eigenvalue weighted by molar-refractivity contribution is 5.82. The van der Waals surface area contributed by atoms with Gasteiger partial charge in [-0.3, -0.25) is 4.68 Å². The first-order chi connectivity index (χ1) is 10.2. The number of nitrogens with two attached hydrogens (primary N) is 1. The van der Waals surface area contributed by atoms with Gasteiger partial charge in [-0.15, -0.1) is 0 Å². The minimum atomic E-state index is 0.126. The van der Waals surface area contributed by atoms with Crippen LogP contribution >= 0.6 is 0 Å². The summed E-state index contributed by atoms with van der Waals surface area (Å²) in [6.45, 7) is 6.04. The van der Waals surface area contributed by atoms with Crippen LogP contribution in [0.15, 0.2) is 24.3 Å². The van der Waals surface area contributed by atoms with Crippen LogP contribution in [0.1, 0.15) is 32.4 Å². The van der Waals surface area contributed by atoms with Crippen molar-refractivity contribution < 1.29 is 4.74 Å². The van der Waals surface area contributed by atoms with Crippen molar-refractivity contribution in [3.8, 4) is 0 Å². The lowest BCUT2D eigenvalue weighted by Gasteiger charge is -2.23. The van der Waals surface area contributed by atoms with E-state index in [1.165, 1.54) is 10.9 Å². The van der Waals surface area contributed by atoms with Crippen molar-refractivity contribution in [1.29, 1.82) is 0 Å². The second-order valence-corrected chi connectivity index (χ2v) is 5.92. The maximum absolute atomic E-state index is 6.49. The molecule has 114 valence electrons. The Bertz CT molecular complexity index is 607. The Morgan fingerprint density at radius 1 is 1.38 bits per heavy atom. The van der Waals surface area contributed by atoms with Crippen molar-refractivity contribution >= 4 is 10.9 Å². The minimum Gasteiger partial charge on any atom is -0.378 e. The summed E-state index contributed by atoms with van der Waals surface area (Å²) in [5.41, 5.74) is 8.82. The van der Waals surface area contributed by atoms with Crippen molar-refractivity contribution in [2.75, 3.05) is 6.61 Å². The van der Waals surface area contributed by atoms with Gasteiger partial charge in [0.2, 0.25) is 0 Å². The molecule has 1 aliphatic heterocycles. The van der Waals surface area contributed by atoms with Crippen molar-refractivity contribution in [2.45, 2.75) is 51.8 Å². The molecule has 0 spiro atoms. The average Bonchev–Trinajstić information content (AvgIpc) is 3.12. The predicted molar refractivity (Wildman–Crippen MR) is 85.2 cm³/mol. The van der Waals surface area contributed by atoms with Crippen LogP contribution in [-0.4, -0.2) is 28.5 Å². The molecule has 1 aromatic heterocycles. The summed E-state index contributed by atoms with van der Waals surface area (Å²) in [5.74, 6) is 0.459. The van der Waals surface area contributed by atoms with Crippen molar-refractivity contribution in [1.82, 2.24) is 9.78 Å². The first-order valence-electron chi connectivity index (χ1n) is 8.06. The molecule has 0 radical (unpaired) electrons. The fraction of sp³-hybridized carbons (Fsp3) is 0.588. The van der Waals surface area contributed by atoms with E-state index in [2.05, 4.69) is 42.8 Å².